The number of nitrogens with one attached hydrogen (secondary N) is 1. The normalized spacial score (nSPS) is 13.2. The van der Waals surface area contributed by atoms with E-state index in [1.165, 1.54) is 0 Å². The molecule has 0 aliphatic rings. The van der Waals surface area contributed by atoms with Crippen molar-refractivity contribution in [3.63, 3.8) is 0 Å². The van der Waals surface area contributed by atoms with Gasteiger partial charge in [0.15, 0.2) is 0 Å². The monoisotopic (exact) mass is 197 g/mol. The predicted molar refractivity (Wildman–Crippen MR) is 56.6 cm³/mol. The van der Waals surface area contributed by atoms with Gasteiger partial charge in [0.25, 0.3) is 0 Å². The molecule has 13 heavy (non-hydrogen) atoms. The zero-order valence-electron chi connectivity index (χ0n) is 7.99. The van der Waals surface area contributed by atoms with Crippen LogP contribution in [0.15, 0.2) is 30.3 Å². The van der Waals surface area contributed by atoms with E-state index >= 15 is 0 Å². The van der Waals surface area contributed by atoms with E-state index in [0.717, 1.165) is 5.56 Å². The first-order valence-corrected chi connectivity index (χ1v) is 5.59. The van der Waals surface area contributed by atoms with Crippen molar-refractivity contribution in [1.82, 2.24) is 4.72 Å². The van der Waals surface area contributed by atoms with Crippen molar-refractivity contribution in [2.45, 2.75) is 25.6 Å². The van der Waals surface area contributed by atoms with Crippen LogP contribution in [0.3, 0.4) is 0 Å². The third-order valence-electron chi connectivity index (χ3n) is 1.69. The van der Waals surface area contributed by atoms with Gasteiger partial charge in [0.05, 0.1) is 11.0 Å². The first-order valence-electron chi connectivity index (χ1n) is 4.38. The molecule has 1 unspecified atom stereocenters. The first-order chi connectivity index (χ1) is 6.20. The fourth-order valence-electron chi connectivity index (χ4n) is 0.917. The van der Waals surface area contributed by atoms with E-state index in [0.29, 0.717) is 6.54 Å². The van der Waals surface area contributed by atoms with Gasteiger partial charge in [-0.15, -0.1) is 0 Å². The van der Waals surface area contributed by atoms with Gasteiger partial charge in [-0.1, -0.05) is 30.3 Å². The van der Waals surface area contributed by atoms with Crippen LogP contribution in [0.1, 0.15) is 19.4 Å². The van der Waals surface area contributed by atoms with E-state index in [2.05, 4.69) is 4.72 Å². The fourth-order valence-corrected chi connectivity index (χ4v) is 1.56. The molecule has 1 atom stereocenters. The third-order valence-corrected chi connectivity index (χ3v) is 2.97. The zero-order valence-corrected chi connectivity index (χ0v) is 8.80. The van der Waals surface area contributed by atoms with Gasteiger partial charge in [0.1, 0.15) is 0 Å². The number of rotatable bonds is 4. The highest BCUT2D eigenvalue weighted by Crippen LogP contribution is 1.98. The summed E-state index contributed by atoms with van der Waals surface area (Å²) in [7, 11) is -0.922. The Morgan fingerprint density at radius 3 is 2.46 bits per heavy atom. The molecule has 0 heterocycles. The van der Waals surface area contributed by atoms with Gasteiger partial charge in [0.2, 0.25) is 0 Å². The van der Waals surface area contributed by atoms with Crippen molar-refractivity contribution < 1.29 is 4.21 Å². The molecule has 1 rings (SSSR count). The van der Waals surface area contributed by atoms with Gasteiger partial charge in [0, 0.05) is 11.8 Å². The molecule has 0 saturated carbocycles. The molecule has 0 aromatic heterocycles. The van der Waals surface area contributed by atoms with Crippen LogP contribution in [0, 0.1) is 0 Å². The van der Waals surface area contributed by atoms with Crippen LogP contribution < -0.4 is 4.72 Å². The van der Waals surface area contributed by atoms with Crippen LogP contribution in [-0.4, -0.2) is 9.46 Å². The van der Waals surface area contributed by atoms with Crippen molar-refractivity contribution in [3.05, 3.63) is 35.9 Å². The molecule has 0 amide bonds. The lowest BCUT2D eigenvalue weighted by molar-refractivity contribution is 0.664. The van der Waals surface area contributed by atoms with Crippen LogP contribution >= 0.6 is 0 Å². The minimum atomic E-state index is -0.922. The average Bonchev–Trinajstić information content (AvgIpc) is 2.15. The smallest absolute Gasteiger partial charge is 0.0944 e. The molecular formula is C10H15NOS. The minimum absolute atomic E-state index is 0.170. The average molecular weight is 197 g/mol. The standard InChI is InChI=1S/C10H15NOS/c1-9(2)13(12)11-8-10-6-4-3-5-7-10/h3-7,9,11H,8H2,1-2H3. The van der Waals surface area contributed by atoms with Crippen LogP contribution in [0.4, 0.5) is 0 Å². The Hall–Kier alpha value is -0.670. The SMILES string of the molecule is CC(C)S(=O)NCc1ccccc1. The van der Waals surface area contributed by atoms with Gasteiger partial charge < -0.3 is 0 Å². The molecule has 0 bridgehead atoms. The van der Waals surface area contributed by atoms with Crippen molar-refractivity contribution in [3.8, 4) is 0 Å². The number of benzene rings is 1. The van der Waals surface area contributed by atoms with Crippen LogP contribution in [0.5, 0.6) is 0 Å². The molecule has 0 fully saturated rings. The molecule has 0 saturated heterocycles. The molecule has 3 heteroatoms. The predicted octanol–water partition coefficient (Wildman–Crippen LogP) is 1.85. The van der Waals surface area contributed by atoms with E-state index in [-0.39, 0.29) is 5.25 Å². The highest BCUT2D eigenvalue weighted by Gasteiger charge is 2.03. The Morgan fingerprint density at radius 2 is 1.92 bits per heavy atom. The second kappa shape index (κ2) is 5.14. The van der Waals surface area contributed by atoms with Crippen LogP contribution in [0.2, 0.25) is 0 Å². The van der Waals surface area contributed by atoms with Crippen LogP contribution in [-0.2, 0) is 17.5 Å². The molecular weight excluding hydrogens is 182 g/mol. The lowest BCUT2D eigenvalue weighted by Gasteiger charge is -2.06. The summed E-state index contributed by atoms with van der Waals surface area (Å²) in [6.07, 6.45) is 0. The van der Waals surface area contributed by atoms with Gasteiger partial charge in [-0.25, -0.2) is 8.93 Å². The Labute approximate surface area is 82.0 Å². The summed E-state index contributed by atoms with van der Waals surface area (Å²) in [5.74, 6) is 0. The van der Waals surface area contributed by atoms with Crippen LogP contribution in [0.25, 0.3) is 0 Å². The first kappa shape index (κ1) is 10.4. The highest BCUT2D eigenvalue weighted by molar-refractivity contribution is 7.83. The maximum absolute atomic E-state index is 11.3. The van der Waals surface area contributed by atoms with E-state index in [1.807, 2.05) is 44.2 Å². The molecule has 2 nitrogen and oxygen atoms in total. The molecule has 1 aromatic carbocycles. The Balaban J connectivity index is 2.40. The fraction of sp³-hybridized carbons (Fsp3) is 0.400. The van der Waals surface area contributed by atoms with E-state index in [9.17, 15) is 4.21 Å². The lowest BCUT2D eigenvalue weighted by Crippen LogP contribution is -2.23. The molecule has 0 spiro atoms. The maximum atomic E-state index is 11.3. The van der Waals surface area contributed by atoms with Gasteiger partial charge in [-0.3, -0.25) is 0 Å². The van der Waals surface area contributed by atoms with Crippen molar-refractivity contribution >= 4 is 11.0 Å². The molecule has 1 aromatic rings. The lowest BCUT2D eigenvalue weighted by atomic mass is 10.2. The molecule has 0 radical (unpaired) electrons. The van der Waals surface area contributed by atoms with Crippen molar-refractivity contribution in [2.75, 3.05) is 0 Å². The van der Waals surface area contributed by atoms with Gasteiger partial charge >= 0.3 is 0 Å². The zero-order chi connectivity index (χ0) is 9.68. The summed E-state index contributed by atoms with van der Waals surface area (Å²) in [6, 6.07) is 9.97. The largest absolute Gasteiger partial charge is 0.243 e. The summed E-state index contributed by atoms with van der Waals surface area (Å²) < 4.78 is 14.3. The molecule has 1 N–H and O–H groups in total. The summed E-state index contributed by atoms with van der Waals surface area (Å²) in [5, 5.41) is 0.170. The Bertz CT molecular complexity index is 272. The second-order valence-corrected chi connectivity index (χ2v) is 4.98. The third kappa shape index (κ3) is 3.70. The Kier molecular flexibility index (Phi) is 4.12. The number of hydrogen-bond acceptors (Lipinski definition) is 1. The molecule has 0 aliphatic heterocycles. The minimum Gasteiger partial charge on any atom is -0.243 e. The summed E-state index contributed by atoms with van der Waals surface area (Å²) in [6.45, 7) is 4.55. The quantitative estimate of drug-likeness (QED) is 0.784. The highest BCUT2D eigenvalue weighted by atomic mass is 32.2. The van der Waals surface area contributed by atoms with E-state index in [1.54, 1.807) is 0 Å². The van der Waals surface area contributed by atoms with E-state index < -0.39 is 11.0 Å². The summed E-state index contributed by atoms with van der Waals surface area (Å²) in [5.41, 5.74) is 1.16. The van der Waals surface area contributed by atoms with Gasteiger partial charge in [-0.05, 0) is 19.4 Å². The molecule has 72 valence electrons. The summed E-state index contributed by atoms with van der Waals surface area (Å²) in [4.78, 5) is 0. The van der Waals surface area contributed by atoms with Crippen molar-refractivity contribution in [1.29, 1.82) is 0 Å². The second-order valence-electron chi connectivity index (χ2n) is 3.15. The van der Waals surface area contributed by atoms with E-state index in [4.69, 9.17) is 0 Å². The number of hydrogen-bond donors (Lipinski definition) is 1. The maximum Gasteiger partial charge on any atom is 0.0944 e. The van der Waals surface area contributed by atoms with Crippen molar-refractivity contribution in [2.24, 2.45) is 0 Å². The van der Waals surface area contributed by atoms with Gasteiger partial charge in [-0.2, -0.15) is 0 Å². The Morgan fingerprint density at radius 1 is 1.31 bits per heavy atom. The molecule has 0 aliphatic carbocycles. The topological polar surface area (TPSA) is 29.1 Å². The summed E-state index contributed by atoms with van der Waals surface area (Å²) >= 11 is 0.